The van der Waals surface area contributed by atoms with Gasteiger partial charge in [-0.2, -0.15) is 0 Å². The van der Waals surface area contributed by atoms with Crippen LogP contribution in [0, 0.1) is 17.3 Å². The molecule has 312 valence electrons. The molecule has 0 aromatic heterocycles. The molecule has 5 nitrogen and oxygen atoms in total. The molecule has 0 aliphatic heterocycles. The maximum Gasteiger partial charge on any atom is 0.310 e. The number of phenols is 1. The monoisotopic (exact) mass is 791 g/mol. The van der Waals surface area contributed by atoms with E-state index < -0.39 is 23.2 Å². The van der Waals surface area contributed by atoms with Gasteiger partial charge in [0.05, 0.1) is 5.41 Å². The van der Waals surface area contributed by atoms with Crippen molar-refractivity contribution in [3.05, 3.63) is 28.8 Å². The van der Waals surface area contributed by atoms with E-state index in [0.717, 1.165) is 55.2 Å². The zero-order chi connectivity index (χ0) is 40.8. The summed E-state index contributed by atoms with van der Waals surface area (Å²) in [7, 11) is 0. The van der Waals surface area contributed by atoms with E-state index in [1.807, 2.05) is 12.1 Å². The Labute approximate surface area is 343 Å². The van der Waals surface area contributed by atoms with Gasteiger partial charge in [-0.05, 0) is 58.6 Å². The summed E-state index contributed by atoms with van der Waals surface area (Å²) in [6.45, 7) is 16.8. The summed E-state index contributed by atoms with van der Waals surface area (Å²) in [5.41, 5.74) is 0.202. The Morgan fingerprint density at radius 1 is 0.556 bits per heavy atom. The number of phenolic OH excluding ortho intramolecular Hbond substituents is 1. The highest BCUT2D eigenvalue weighted by atomic mass is 32.1. The van der Waals surface area contributed by atoms with E-state index in [9.17, 15) is 24.6 Å². The van der Waals surface area contributed by atoms with Crippen molar-refractivity contribution in [2.24, 2.45) is 17.3 Å². The lowest BCUT2D eigenvalue weighted by molar-refractivity contribution is -0.159. The minimum absolute atomic E-state index is 0.0402. The molecule has 2 atom stereocenters. The van der Waals surface area contributed by atoms with E-state index >= 15 is 0 Å². The van der Waals surface area contributed by atoms with Crippen molar-refractivity contribution < 1.29 is 24.6 Å². The standard InChI is InChI=1S/C47H82O5S2/c1-9-11-13-15-17-19-21-23-25-27-29-37(33-41(48)53)47(44(51)52,35-36-31-39(45(3,4)5)43(50)40(32-36)46(6,7)8)38(34-42(49)54)30-28-26-24-22-20-18-16-14-12-10-2/h31-32,37-38,50H,9-30,33-35H2,1-8H3,(H,48,53)(H,49,54)(H,51,52). The topological polar surface area (TPSA) is 91.7 Å². The van der Waals surface area contributed by atoms with Crippen LogP contribution >= 0.6 is 25.3 Å². The number of benzene rings is 1. The summed E-state index contributed by atoms with van der Waals surface area (Å²) < 4.78 is 0. The van der Waals surface area contributed by atoms with Crippen LogP contribution in [0.25, 0.3) is 0 Å². The Balaban J connectivity index is 3.58. The lowest BCUT2D eigenvalue weighted by atomic mass is 9.58. The predicted octanol–water partition coefficient (Wildman–Crippen LogP) is 14.1. The van der Waals surface area contributed by atoms with E-state index in [2.05, 4.69) is 80.6 Å². The number of carboxylic acid groups (broad SMARTS) is 1. The Bertz CT molecular complexity index is 1150. The van der Waals surface area contributed by atoms with Gasteiger partial charge in [0.15, 0.2) is 10.2 Å². The van der Waals surface area contributed by atoms with Gasteiger partial charge in [0.25, 0.3) is 0 Å². The van der Waals surface area contributed by atoms with Gasteiger partial charge in [-0.3, -0.25) is 14.4 Å². The quantitative estimate of drug-likeness (QED) is 0.0444. The number of aromatic hydroxyl groups is 1. The highest BCUT2D eigenvalue weighted by molar-refractivity contribution is 7.96. The number of aliphatic carboxylic acids is 1. The molecule has 2 unspecified atom stereocenters. The normalized spacial score (nSPS) is 14.5. The molecule has 0 amide bonds. The van der Waals surface area contributed by atoms with Crippen molar-refractivity contribution in [2.45, 2.75) is 227 Å². The highest BCUT2D eigenvalue weighted by Crippen LogP contribution is 2.50. The van der Waals surface area contributed by atoms with Gasteiger partial charge in [-0.15, -0.1) is 25.3 Å². The van der Waals surface area contributed by atoms with Gasteiger partial charge in [0, 0.05) is 12.8 Å². The first kappa shape index (κ1) is 50.5. The Morgan fingerprint density at radius 3 is 1.11 bits per heavy atom. The van der Waals surface area contributed by atoms with Crippen molar-refractivity contribution in [3.8, 4) is 5.75 Å². The zero-order valence-electron chi connectivity index (χ0n) is 36.0. The fraction of sp³-hybridized carbons (Fsp3) is 0.809. The van der Waals surface area contributed by atoms with Gasteiger partial charge in [0.1, 0.15) is 5.75 Å². The molecular formula is C47H82O5S2. The van der Waals surface area contributed by atoms with Crippen LogP contribution in [0.3, 0.4) is 0 Å². The van der Waals surface area contributed by atoms with Crippen LogP contribution in [0.5, 0.6) is 5.75 Å². The second-order valence-electron chi connectivity index (χ2n) is 18.6. The first-order valence-electron chi connectivity index (χ1n) is 22.0. The van der Waals surface area contributed by atoms with Crippen LogP contribution in [0.2, 0.25) is 0 Å². The number of hydrogen-bond acceptors (Lipinski definition) is 4. The van der Waals surface area contributed by atoms with E-state index in [4.69, 9.17) is 0 Å². The lowest BCUT2D eigenvalue weighted by Crippen LogP contribution is -2.48. The van der Waals surface area contributed by atoms with Gasteiger partial charge < -0.3 is 10.2 Å². The highest BCUT2D eigenvalue weighted by Gasteiger charge is 2.52. The first-order valence-corrected chi connectivity index (χ1v) is 22.8. The molecule has 0 saturated heterocycles. The van der Waals surface area contributed by atoms with Gasteiger partial charge in [-0.1, -0.05) is 196 Å². The molecule has 1 aromatic carbocycles. The number of hydrogen-bond donors (Lipinski definition) is 4. The smallest absolute Gasteiger partial charge is 0.310 e. The van der Waals surface area contributed by atoms with Crippen LogP contribution in [0.1, 0.15) is 226 Å². The molecule has 0 spiro atoms. The molecule has 54 heavy (non-hydrogen) atoms. The third kappa shape index (κ3) is 18.6. The summed E-state index contributed by atoms with van der Waals surface area (Å²) in [4.78, 5) is 40.0. The Morgan fingerprint density at radius 2 is 0.852 bits per heavy atom. The average Bonchev–Trinajstić information content (AvgIpc) is 3.07. The fourth-order valence-corrected chi connectivity index (χ4v) is 9.03. The molecule has 0 bridgehead atoms. The summed E-state index contributed by atoms with van der Waals surface area (Å²) in [6, 6.07) is 3.95. The largest absolute Gasteiger partial charge is 0.507 e. The van der Waals surface area contributed by atoms with Crippen molar-refractivity contribution in [1.82, 2.24) is 0 Å². The maximum absolute atomic E-state index is 14.1. The van der Waals surface area contributed by atoms with Crippen LogP contribution in [-0.4, -0.2) is 26.4 Å². The summed E-state index contributed by atoms with van der Waals surface area (Å²) >= 11 is 8.50. The van der Waals surface area contributed by atoms with Crippen LogP contribution in [0.15, 0.2) is 12.1 Å². The second-order valence-corrected chi connectivity index (χ2v) is 19.6. The summed E-state index contributed by atoms with van der Waals surface area (Å²) in [6.07, 6.45) is 24.8. The minimum atomic E-state index is -1.39. The van der Waals surface area contributed by atoms with Crippen LogP contribution in [-0.2, 0) is 31.6 Å². The number of carbonyl (C=O) groups is 3. The molecular weight excluding hydrogens is 709 g/mol. The molecule has 0 heterocycles. The third-order valence-corrected chi connectivity index (χ3v) is 12.2. The fourth-order valence-electron chi connectivity index (χ4n) is 8.59. The van der Waals surface area contributed by atoms with Crippen LogP contribution in [0.4, 0.5) is 0 Å². The molecule has 0 fully saturated rings. The zero-order valence-corrected chi connectivity index (χ0v) is 37.8. The maximum atomic E-state index is 14.1. The molecule has 1 rings (SSSR count). The average molecular weight is 791 g/mol. The van der Waals surface area contributed by atoms with Crippen LogP contribution < -0.4 is 0 Å². The first-order chi connectivity index (χ1) is 25.4. The lowest BCUT2D eigenvalue weighted by Gasteiger charge is -2.44. The minimum Gasteiger partial charge on any atom is -0.507 e. The second kappa shape index (κ2) is 26.4. The van der Waals surface area contributed by atoms with Gasteiger partial charge >= 0.3 is 5.97 Å². The SMILES string of the molecule is CCCCCCCCCCCCC(CC(=O)S)C(Cc1cc(C(C)(C)C)c(O)c(C(C)(C)C)c1)(C(=O)O)C(CCCCCCCCCCCC)CC(=O)S. The number of rotatable bonds is 31. The molecule has 0 aliphatic rings. The molecule has 1 aromatic rings. The summed E-state index contributed by atoms with van der Waals surface area (Å²) in [5, 5.41) is 22.5. The summed E-state index contributed by atoms with van der Waals surface area (Å²) in [5.74, 6) is -1.71. The molecule has 0 radical (unpaired) electrons. The van der Waals surface area contributed by atoms with E-state index in [1.165, 1.54) is 89.9 Å². The van der Waals surface area contributed by atoms with Crippen molar-refractivity contribution in [2.75, 3.05) is 0 Å². The van der Waals surface area contributed by atoms with Gasteiger partial charge in [-0.25, -0.2) is 0 Å². The number of carboxylic acids is 1. The Kier molecular flexibility index (Phi) is 24.8. The third-order valence-electron chi connectivity index (χ3n) is 11.8. The molecule has 0 aliphatic carbocycles. The van der Waals surface area contributed by atoms with E-state index in [0.29, 0.717) is 12.8 Å². The molecule has 0 saturated carbocycles. The predicted molar refractivity (Wildman–Crippen MR) is 236 cm³/mol. The number of thiol groups is 2. The number of unbranched alkanes of at least 4 members (excludes halogenated alkanes) is 18. The molecule has 2 N–H and O–H groups in total. The number of carbonyl (C=O) groups excluding carboxylic acids is 2. The Hall–Kier alpha value is -1.47. The van der Waals surface area contributed by atoms with Gasteiger partial charge in [0.2, 0.25) is 0 Å². The van der Waals surface area contributed by atoms with E-state index in [1.54, 1.807) is 0 Å². The van der Waals surface area contributed by atoms with Crippen molar-refractivity contribution in [1.29, 1.82) is 0 Å². The van der Waals surface area contributed by atoms with E-state index in [-0.39, 0.29) is 46.1 Å². The van der Waals surface area contributed by atoms with Crippen molar-refractivity contribution in [3.63, 3.8) is 0 Å². The molecule has 7 heteroatoms. The van der Waals surface area contributed by atoms with Crippen molar-refractivity contribution >= 4 is 41.5 Å².